The molecule has 2 heterocycles. The zero-order valence-corrected chi connectivity index (χ0v) is 15.4. The number of benzene rings is 1. The lowest BCUT2D eigenvalue weighted by Gasteiger charge is -2.35. The maximum absolute atomic E-state index is 12.6. The van der Waals surface area contributed by atoms with E-state index >= 15 is 0 Å². The molecule has 1 atom stereocenters. The third kappa shape index (κ3) is 3.91. The summed E-state index contributed by atoms with van der Waals surface area (Å²) in [4.78, 5) is 30.6. The van der Waals surface area contributed by atoms with E-state index in [1.807, 2.05) is 55.1 Å². The maximum atomic E-state index is 12.6. The van der Waals surface area contributed by atoms with Crippen molar-refractivity contribution >= 4 is 23.2 Å². The fourth-order valence-corrected chi connectivity index (χ4v) is 3.78. The van der Waals surface area contributed by atoms with Crippen LogP contribution in [0, 0.1) is 13.8 Å². The van der Waals surface area contributed by atoms with Crippen molar-refractivity contribution < 1.29 is 9.59 Å². The number of amides is 2. The lowest BCUT2D eigenvalue weighted by Crippen LogP contribution is -2.52. The summed E-state index contributed by atoms with van der Waals surface area (Å²) in [6.07, 6.45) is 0. The van der Waals surface area contributed by atoms with Crippen LogP contribution >= 0.6 is 11.3 Å². The zero-order valence-electron chi connectivity index (χ0n) is 14.6. The molecule has 2 N–H and O–H groups in total. The van der Waals surface area contributed by atoms with Crippen LogP contribution < -0.4 is 5.73 Å². The normalized spacial score (nSPS) is 16.0. The Bertz CT molecular complexity index is 761. The van der Waals surface area contributed by atoms with Gasteiger partial charge in [-0.3, -0.25) is 9.59 Å². The van der Waals surface area contributed by atoms with E-state index in [0.29, 0.717) is 26.2 Å². The van der Waals surface area contributed by atoms with Crippen molar-refractivity contribution in [3.63, 3.8) is 0 Å². The highest BCUT2D eigenvalue weighted by atomic mass is 32.1. The van der Waals surface area contributed by atoms with Crippen LogP contribution in [0.25, 0.3) is 0 Å². The highest BCUT2D eigenvalue weighted by Crippen LogP contribution is 2.19. The van der Waals surface area contributed by atoms with Crippen LogP contribution in [0.2, 0.25) is 0 Å². The van der Waals surface area contributed by atoms with Gasteiger partial charge in [0, 0.05) is 31.1 Å². The number of carbonyl (C=O) groups is 2. The molecule has 1 aromatic heterocycles. The second kappa shape index (κ2) is 7.37. The molecule has 25 heavy (non-hydrogen) atoms. The van der Waals surface area contributed by atoms with Gasteiger partial charge in [-0.05, 0) is 31.5 Å². The van der Waals surface area contributed by atoms with Gasteiger partial charge in [-0.2, -0.15) is 0 Å². The molecular formula is C19H23N3O2S. The van der Waals surface area contributed by atoms with Crippen molar-refractivity contribution in [2.75, 3.05) is 26.2 Å². The van der Waals surface area contributed by atoms with Gasteiger partial charge in [0.15, 0.2) is 0 Å². The molecule has 0 radical (unpaired) electrons. The second-order valence-corrected chi connectivity index (χ2v) is 7.70. The van der Waals surface area contributed by atoms with E-state index in [9.17, 15) is 9.59 Å². The average Bonchev–Trinajstić information content (AvgIpc) is 3.07. The maximum Gasteiger partial charge on any atom is 0.264 e. The molecule has 1 fully saturated rings. The van der Waals surface area contributed by atoms with Crippen molar-refractivity contribution in [2.24, 2.45) is 5.73 Å². The molecule has 0 saturated carbocycles. The van der Waals surface area contributed by atoms with Crippen molar-refractivity contribution in [3.05, 3.63) is 57.3 Å². The summed E-state index contributed by atoms with van der Waals surface area (Å²) in [5.74, 6) is -0.0315. The molecule has 3 rings (SSSR count). The zero-order chi connectivity index (χ0) is 18.0. The first-order valence-corrected chi connectivity index (χ1v) is 9.24. The smallest absolute Gasteiger partial charge is 0.264 e. The van der Waals surface area contributed by atoms with Crippen LogP contribution in [-0.2, 0) is 4.79 Å². The molecule has 1 saturated heterocycles. The third-order valence-corrected chi connectivity index (χ3v) is 5.52. The summed E-state index contributed by atoms with van der Waals surface area (Å²) >= 11 is 1.51. The first-order valence-electron chi connectivity index (χ1n) is 8.42. The van der Waals surface area contributed by atoms with Gasteiger partial charge in [0.05, 0.1) is 4.88 Å². The predicted molar refractivity (Wildman–Crippen MR) is 99.6 cm³/mol. The number of nitrogens with zero attached hydrogens (tertiary/aromatic N) is 2. The van der Waals surface area contributed by atoms with Crippen molar-refractivity contribution in [2.45, 2.75) is 19.9 Å². The molecule has 2 amide bonds. The molecule has 1 unspecified atom stereocenters. The largest absolute Gasteiger partial charge is 0.337 e. The summed E-state index contributed by atoms with van der Waals surface area (Å²) < 4.78 is 0. The molecule has 2 aromatic rings. The van der Waals surface area contributed by atoms with E-state index in [0.717, 1.165) is 20.9 Å². The molecule has 0 bridgehead atoms. The number of aryl methyl sites for hydroxylation is 2. The van der Waals surface area contributed by atoms with Gasteiger partial charge in [0.1, 0.15) is 6.04 Å². The molecule has 6 heteroatoms. The number of rotatable bonds is 3. The average molecular weight is 357 g/mol. The van der Waals surface area contributed by atoms with Gasteiger partial charge in [0.25, 0.3) is 5.91 Å². The monoisotopic (exact) mass is 357 g/mol. The van der Waals surface area contributed by atoms with E-state index in [2.05, 4.69) is 0 Å². The minimum Gasteiger partial charge on any atom is -0.337 e. The summed E-state index contributed by atoms with van der Waals surface area (Å²) in [5, 5.41) is 0. The van der Waals surface area contributed by atoms with Crippen molar-refractivity contribution in [1.29, 1.82) is 0 Å². The Kier molecular flexibility index (Phi) is 5.20. The number of thiophene rings is 1. The molecule has 0 spiro atoms. The van der Waals surface area contributed by atoms with Gasteiger partial charge >= 0.3 is 0 Å². The minimum atomic E-state index is -0.650. The number of carbonyl (C=O) groups excluding carboxylic acids is 2. The van der Waals surface area contributed by atoms with Gasteiger partial charge in [-0.1, -0.05) is 29.8 Å². The quantitative estimate of drug-likeness (QED) is 0.917. The van der Waals surface area contributed by atoms with Crippen LogP contribution in [0.5, 0.6) is 0 Å². The van der Waals surface area contributed by atoms with Crippen molar-refractivity contribution in [1.82, 2.24) is 9.80 Å². The van der Waals surface area contributed by atoms with E-state index in [4.69, 9.17) is 5.73 Å². The van der Waals surface area contributed by atoms with E-state index in [1.54, 1.807) is 4.90 Å². The highest BCUT2D eigenvalue weighted by Gasteiger charge is 2.28. The Morgan fingerprint density at radius 3 is 2.12 bits per heavy atom. The number of piperazine rings is 1. The third-order valence-electron chi connectivity index (χ3n) is 4.53. The first kappa shape index (κ1) is 17.6. The molecule has 132 valence electrons. The lowest BCUT2D eigenvalue weighted by atomic mass is 10.0. The molecule has 1 aromatic carbocycles. The number of nitrogens with two attached hydrogens (primary N) is 1. The summed E-state index contributed by atoms with van der Waals surface area (Å²) in [7, 11) is 0. The van der Waals surface area contributed by atoms with E-state index < -0.39 is 6.04 Å². The molecular weight excluding hydrogens is 334 g/mol. The Morgan fingerprint density at radius 2 is 1.56 bits per heavy atom. The molecule has 1 aliphatic rings. The Morgan fingerprint density at radius 1 is 0.960 bits per heavy atom. The van der Waals surface area contributed by atoms with Crippen LogP contribution in [0.1, 0.15) is 31.7 Å². The lowest BCUT2D eigenvalue weighted by molar-refractivity contribution is -0.134. The fourth-order valence-electron chi connectivity index (χ4n) is 2.95. The Labute approximate surface area is 152 Å². The number of hydrogen-bond donors (Lipinski definition) is 1. The molecule has 0 aliphatic carbocycles. The van der Waals surface area contributed by atoms with E-state index in [-0.39, 0.29) is 11.8 Å². The standard InChI is InChI=1S/C19H23N3O2S/c1-13-3-6-15(7-4-13)17(20)19(24)22-11-9-21(10-12-22)18(23)16-8-5-14(2)25-16/h3-8,17H,9-12,20H2,1-2H3. The van der Waals surface area contributed by atoms with Gasteiger partial charge in [-0.25, -0.2) is 0 Å². The highest BCUT2D eigenvalue weighted by molar-refractivity contribution is 7.13. The summed E-state index contributed by atoms with van der Waals surface area (Å²) in [6, 6.07) is 10.9. The van der Waals surface area contributed by atoms with Gasteiger partial charge < -0.3 is 15.5 Å². The molecule has 5 nitrogen and oxygen atoms in total. The SMILES string of the molecule is Cc1ccc(C(N)C(=O)N2CCN(C(=O)c3ccc(C)s3)CC2)cc1. The van der Waals surface area contributed by atoms with Gasteiger partial charge in [-0.15, -0.1) is 11.3 Å². The van der Waals surface area contributed by atoms with Crippen LogP contribution in [0.15, 0.2) is 36.4 Å². The second-order valence-electron chi connectivity index (χ2n) is 6.42. The topological polar surface area (TPSA) is 66.6 Å². The van der Waals surface area contributed by atoms with Crippen LogP contribution in [0.3, 0.4) is 0 Å². The minimum absolute atomic E-state index is 0.0491. The first-order chi connectivity index (χ1) is 12.0. The van der Waals surface area contributed by atoms with Crippen molar-refractivity contribution in [3.8, 4) is 0 Å². The van der Waals surface area contributed by atoms with E-state index in [1.165, 1.54) is 11.3 Å². The molecule has 1 aliphatic heterocycles. The summed E-state index contributed by atoms with van der Waals surface area (Å²) in [5.41, 5.74) is 8.10. The number of hydrogen-bond acceptors (Lipinski definition) is 4. The summed E-state index contributed by atoms with van der Waals surface area (Å²) in [6.45, 7) is 6.13. The predicted octanol–water partition coefficient (Wildman–Crippen LogP) is 2.35. The van der Waals surface area contributed by atoms with Crippen LogP contribution in [-0.4, -0.2) is 47.8 Å². The Balaban J connectivity index is 1.59. The van der Waals surface area contributed by atoms with Crippen LogP contribution in [0.4, 0.5) is 0 Å². The fraction of sp³-hybridized carbons (Fsp3) is 0.368. The van der Waals surface area contributed by atoms with Gasteiger partial charge in [0.2, 0.25) is 5.91 Å². The Hall–Kier alpha value is -2.18.